The molecule has 8 unspecified atom stereocenters. The van der Waals surface area contributed by atoms with Gasteiger partial charge in [0.2, 0.25) is 59.1 Å². The van der Waals surface area contributed by atoms with Crippen molar-refractivity contribution in [3.63, 3.8) is 0 Å². The average molecular weight is 1240 g/mol. The number of carboxylic acids is 2. The highest BCUT2D eigenvalue weighted by atomic mass is 16.4. The Hall–Kier alpha value is -10.4. The molecule has 0 saturated carbocycles. The summed E-state index contributed by atoms with van der Waals surface area (Å²) in [4.78, 5) is 168. The first kappa shape index (κ1) is 68.7. The number of hydrogen-bond donors (Lipinski definition) is 14. The van der Waals surface area contributed by atoms with Crippen LogP contribution >= 0.6 is 0 Å². The van der Waals surface area contributed by atoms with Crippen molar-refractivity contribution < 1.29 is 67.7 Å². The molecule has 26 heteroatoms. The molecule has 10 amide bonds. The van der Waals surface area contributed by atoms with Crippen molar-refractivity contribution in [3.8, 4) is 0 Å². The lowest BCUT2D eigenvalue weighted by atomic mass is 10.00. The molecule has 4 aromatic carbocycles. The van der Waals surface area contributed by atoms with Gasteiger partial charge in [0.1, 0.15) is 48.3 Å². The van der Waals surface area contributed by atoms with Crippen molar-refractivity contribution in [3.05, 3.63) is 144 Å². The fourth-order valence-corrected chi connectivity index (χ4v) is 10.2. The molecule has 478 valence electrons. The van der Waals surface area contributed by atoms with Gasteiger partial charge >= 0.3 is 11.9 Å². The molecule has 0 radical (unpaired) electrons. The zero-order valence-electron chi connectivity index (χ0n) is 50.3. The number of H-pyrrole nitrogens is 2. The standard InChI is InChI=1S/C64H78N12O14/c1-35(2)25-47(59(85)75-51(31-55(79)80)63(89)71-45(57(65)83)27-37-15-7-5-8-16-37)73-61(87)49(29-39-33-67-43-21-13-11-19-41(39)43)69-53(77)23-24-54(78)70-50(30-40-34-68-44-22-14-12-20-42(40)44)62(88)74-48(26-36(3)4)60(86)76-52(32-56(81)82)64(90)72-46(58(66)84)28-38-17-9-6-10-18-38/h5-22,33-36,45-52,67-68H,23-32H2,1-4H3,(H2,65,83)(H2,66,84)(H,69,77)(H,70,78)(H,71,89)(H,72,90)(H,73,87)(H,74,88)(H,75,85)(H,76,86)(H,79,80)(H,81,82). The lowest BCUT2D eigenvalue weighted by Crippen LogP contribution is -2.59. The quantitative estimate of drug-likeness (QED) is 0.0269. The van der Waals surface area contributed by atoms with E-state index in [2.05, 4.69) is 52.5 Å². The van der Waals surface area contributed by atoms with Crippen LogP contribution in [0.4, 0.5) is 0 Å². The first-order valence-corrected chi connectivity index (χ1v) is 29.4. The van der Waals surface area contributed by atoms with Crippen molar-refractivity contribution in [1.82, 2.24) is 52.5 Å². The summed E-state index contributed by atoms with van der Waals surface area (Å²) in [5.41, 5.74) is 15.1. The number of primary amides is 2. The SMILES string of the molecule is CC(C)CC(NC(=O)C(Cc1c[nH]c2ccccc12)NC(=O)CCC(=O)NC(Cc1c[nH]c2ccccc12)C(=O)NC(CC(C)C)C(=O)NC(CC(=O)O)C(=O)NC(Cc1ccccc1)C(N)=O)C(=O)NC(CC(=O)O)C(=O)NC(Cc1ccccc1)C(N)=O. The number of fused-ring (bicyclic) bond motifs is 2. The summed E-state index contributed by atoms with van der Waals surface area (Å²) in [6.07, 6.45) is -0.0572. The van der Waals surface area contributed by atoms with Gasteiger partial charge in [-0.2, -0.15) is 0 Å². The Morgan fingerprint density at radius 2 is 0.678 bits per heavy atom. The Balaban J connectivity index is 1.19. The number of aromatic amines is 2. The molecule has 0 spiro atoms. The van der Waals surface area contributed by atoms with E-state index in [1.54, 1.807) is 149 Å². The minimum Gasteiger partial charge on any atom is -0.481 e. The number of aliphatic carboxylic acids is 2. The Labute approximate surface area is 518 Å². The molecule has 8 atom stereocenters. The van der Waals surface area contributed by atoms with Crippen LogP contribution in [0, 0.1) is 11.8 Å². The molecule has 0 saturated heterocycles. The summed E-state index contributed by atoms with van der Waals surface area (Å²) in [6.45, 7) is 7.01. The molecule has 2 aromatic heterocycles. The van der Waals surface area contributed by atoms with E-state index in [0.29, 0.717) is 44.1 Å². The predicted molar refractivity (Wildman–Crippen MR) is 331 cm³/mol. The summed E-state index contributed by atoms with van der Waals surface area (Å²) < 4.78 is 0. The maximum atomic E-state index is 14.5. The topological polar surface area (TPSA) is 425 Å². The Morgan fingerprint density at radius 1 is 0.378 bits per heavy atom. The summed E-state index contributed by atoms with van der Waals surface area (Å²) in [6, 6.07) is 19.8. The molecule has 0 bridgehead atoms. The molecule has 6 rings (SSSR count). The molecule has 6 aromatic rings. The van der Waals surface area contributed by atoms with Crippen molar-refractivity contribution in [1.29, 1.82) is 0 Å². The fraction of sp³-hybridized carbons (Fsp3) is 0.375. The van der Waals surface area contributed by atoms with Crippen molar-refractivity contribution >= 4 is 92.8 Å². The van der Waals surface area contributed by atoms with Gasteiger partial charge in [-0.15, -0.1) is 0 Å². The normalized spacial score (nSPS) is 13.9. The first-order valence-electron chi connectivity index (χ1n) is 29.4. The highest BCUT2D eigenvalue weighted by Gasteiger charge is 2.36. The largest absolute Gasteiger partial charge is 0.481 e. The van der Waals surface area contributed by atoms with Gasteiger partial charge in [0.05, 0.1) is 12.8 Å². The van der Waals surface area contributed by atoms with Gasteiger partial charge in [-0.05, 0) is 59.1 Å². The lowest BCUT2D eigenvalue weighted by molar-refractivity contribution is -0.142. The highest BCUT2D eigenvalue weighted by Crippen LogP contribution is 2.22. The Bertz CT molecular complexity index is 3300. The molecular weight excluding hydrogens is 1160 g/mol. The molecule has 0 fully saturated rings. The van der Waals surface area contributed by atoms with Gasteiger partial charge in [-0.1, -0.05) is 125 Å². The molecule has 0 aliphatic rings. The van der Waals surface area contributed by atoms with E-state index in [-0.39, 0.29) is 50.4 Å². The maximum absolute atomic E-state index is 14.5. The third kappa shape index (κ3) is 21.2. The minimum absolute atomic E-state index is 0.0300. The van der Waals surface area contributed by atoms with E-state index < -0.39 is 145 Å². The number of benzene rings is 4. The number of hydrogen-bond acceptors (Lipinski definition) is 12. The van der Waals surface area contributed by atoms with E-state index >= 15 is 0 Å². The molecule has 26 nitrogen and oxygen atoms in total. The molecule has 16 N–H and O–H groups in total. The number of nitrogens with one attached hydrogen (secondary N) is 10. The number of aromatic nitrogens is 2. The monoisotopic (exact) mass is 1240 g/mol. The summed E-state index contributed by atoms with van der Waals surface area (Å²) in [5, 5.41) is 41.4. The number of carbonyl (C=O) groups is 12. The second kappa shape index (κ2) is 33.1. The van der Waals surface area contributed by atoms with E-state index in [1.807, 2.05) is 0 Å². The number of nitrogens with two attached hydrogens (primary N) is 2. The molecule has 2 heterocycles. The number of carboxylic acid groups (broad SMARTS) is 2. The number of para-hydroxylation sites is 2. The summed E-state index contributed by atoms with van der Waals surface area (Å²) in [5.74, 6) is -12.6. The Kier molecular flexibility index (Phi) is 25.3. The summed E-state index contributed by atoms with van der Waals surface area (Å²) in [7, 11) is 0. The van der Waals surface area contributed by atoms with Crippen LogP contribution < -0.4 is 54.0 Å². The zero-order chi connectivity index (χ0) is 65.6. The van der Waals surface area contributed by atoms with Crippen LogP contribution in [-0.2, 0) is 83.2 Å². The smallest absolute Gasteiger partial charge is 0.305 e. The van der Waals surface area contributed by atoms with Crippen molar-refractivity contribution in [2.24, 2.45) is 23.3 Å². The Morgan fingerprint density at radius 3 is 1.01 bits per heavy atom. The second-order valence-electron chi connectivity index (χ2n) is 22.9. The predicted octanol–water partition coefficient (Wildman–Crippen LogP) is 1.59. The second-order valence-corrected chi connectivity index (χ2v) is 22.9. The lowest BCUT2D eigenvalue weighted by Gasteiger charge is -2.27. The van der Waals surface area contributed by atoms with Crippen molar-refractivity contribution in [2.45, 2.75) is 140 Å². The third-order valence-electron chi connectivity index (χ3n) is 14.7. The van der Waals surface area contributed by atoms with Crippen LogP contribution in [0.15, 0.2) is 122 Å². The average Bonchev–Trinajstić information content (AvgIpc) is 1.78. The third-order valence-corrected chi connectivity index (χ3v) is 14.7. The number of carbonyl (C=O) groups excluding carboxylic acids is 10. The van der Waals surface area contributed by atoms with E-state index in [4.69, 9.17) is 11.5 Å². The van der Waals surface area contributed by atoms with Gasteiger partial charge < -0.3 is 74.2 Å². The van der Waals surface area contributed by atoms with E-state index in [9.17, 15) is 67.7 Å². The fourth-order valence-electron chi connectivity index (χ4n) is 10.2. The van der Waals surface area contributed by atoms with Crippen LogP contribution in [0.3, 0.4) is 0 Å². The van der Waals surface area contributed by atoms with Crippen molar-refractivity contribution in [2.75, 3.05) is 0 Å². The molecular formula is C64H78N12O14. The van der Waals surface area contributed by atoms with Gasteiger partial charge in [-0.3, -0.25) is 57.5 Å². The zero-order valence-corrected chi connectivity index (χ0v) is 50.3. The van der Waals surface area contributed by atoms with Gasteiger partial charge in [0.15, 0.2) is 0 Å². The number of rotatable bonds is 35. The van der Waals surface area contributed by atoms with Crippen LogP contribution in [0.5, 0.6) is 0 Å². The molecule has 90 heavy (non-hydrogen) atoms. The first-order chi connectivity index (χ1) is 42.8. The van der Waals surface area contributed by atoms with Crippen LogP contribution in [0.25, 0.3) is 21.8 Å². The van der Waals surface area contributed by atoms with Crippen LogP contribution in [0.2, 0.25) is 0 Å². The minimum atomic E-state index is -1.74. The van der Waals surface area contributed by atoms with Gasteiger partial charge in [0.25, 0.3) is 0 Å². The summed E-state index contributed by atoms with van der Waals surface area (Å²) >= 11 is 0. The van der Waals surface area contributed by atoms with Gasteiger partial charge in [0, 0.05) is 72.7 Å². The molecule has 0 aliphatic heterocycles. The van der Waals surface area contributed by atoms with Gasteiger partial charge in [-0.25, -0.2) is 0 Å². The molecule has 0 aliphatic carbocycles. The van der Waals surface area contributed by atoms with E-state index in [1.165, 1.54) is 0 Å². The van der Waals surface area contributed by atoms with E-state index in [0.717, 1.165) is 0 Å². The van der Waals surface area contributed by atoms with Crippen LogP contribution in [0.1, 0.15) is 88.5 Å². The maximum Gasteiger partial charge on any atom is 0.305 e. The highest BCUT2D eigenvalue weighted by molar-refractivity contribution is 5.99. The van der Waals surface area contributed by atoms with Crippen LogP contribution in [-0.4, -0.2) is 140 Å². The number of amides is 10.